The number of nitrogens with one attached hydrogen (secondary N) is 2. The third-order valence-electron chi connectivity index (χ3n) is 6.32. The Balaban J connectivity index is 1.49. The minimum Gasteiger partial charge on any atom is -0.495 e. The first-order valence-electron chi connectivity index (χ1n) is 11.7. The second-order valence-corrected chi connectivity index (χ2v) is 12.4. The number of methoxy groups -OCH3 is 1. The van der Waals surface area contributed by atoms with E-state index in [1.807, 2.05) is 12.1 Å². The minimum atomic E-state index is -0.448. The van der Waals surface area contributed by atoms with Gasteiger partial charge in [0, 0.05) is 42.7 Å². The highest BCUT2D eigenvalue weighted by Crippen LogP contribution is 2.38. The Hall–Kier alpha value is -2.87. The number of likely N-dealkylation sites (N-methyl/N-ethyl adjacent to an activating group) is 1. The first-order chi connectivity index (χ1) is 17.3. The van der Waals surface area contributed by atoms with Gasteiger partial charge in [0.05, 0.1) is 28.3 Å². The van der Waals surface area contributed by atoms with Gasteiger partial charge in [-0.3, -0.25) is 9.97 Å². The first kappa shape index (κ1) is 24.8. The van der Waals surface area contributed by atoms with Crippen molar-refractivity contribution in [2.75, 3.05) is 44.7 Å². The molecule has 8 nitrogen and oxygen atoms in total. The van der Waals surface area contributed by atoms with Gasteiger partial charge in [-0.1, -0.05) is 14.8 Å². The van der Waals surface area contributed by atoms with Crippen molar-refractivity contribution in [3.05, 3.63) is 58.5 Å². The number of nitrogens with zero attached hydrogens (tertiary/aromatic N) is 5. The van der Waals surface area contributed by atoms with E-state index in [0.717, 1.165) is 51.0 Å². The fraction of sp³-hybridized carbons (Fsp3) is 0.308. The van der Waals surface area contributed by atoms with Gasteiger partial charge in [0.2, 0.25) is 5.95 Å². The van der Waals surface area contributed by atoms with Gasteiger partial charge in [-0.2, -0.15) is 4.98 Å². The molecule has 0 unspecified atom stereocenters. The molecule has 0 fully saturated rings. The predicted molar refractivity (Wildman–Crippen MR) is 152 cm³/mol. The van der Waals surface area contributed by atoms with Crippen LogP contribution in [-0.2, 0) is 6.54 Å². The van der Waals surface area contributed by atoms with E-state index in [1.165, 1.54) is 11.1 Å². The number of hydrogen-bond acceptors (Lipinski definition) is 8. The normalized spacial score (nSPS) is 15.7. The average molecular weight is 566 g/mol. The molecular weight excluding hydrogens is 537 g/mol. The number of ether oxygens (including phenoxy) is 1. The van der Waals surface area contributed by atoms with Crippen LogP contribution in [0.25, 0.3) is 11.0 Å². The summed E-state index contributed by atoms with van der Waals surface area (Å²) in [5.74, 6) is 2.36. The first-order valence-corrected chi connectivity index (χ1v) is 14.7. The van der Waals surface area contributed by atoms with Gasteiger partial charge in [-0.05, 0) is 77.6 Å². The van der Waals surface area contributed by atoms with E-state index in [1.54, 1.807) is 25.7 Å². The van der Waals surface area contributed by atoms with Crippen LogP contribution in [0.1, 0.15) is 24.0 Å². The van der Waals surface area contributed by atoms with Crippen molar-refractivity contribution in [2.45, 2.75) is 19.4 Å². The molecule has 4 aromatic rings. The second-order valence-electron chi connectivity index (χ2n) is 9.27. The maximum atomic E-state index is 5.71. The predicted octanol–water partition coefficient (Wildman–Crippen LogP) is 5.59. The molecule has 186 valence electrons. The summed E-state index contributed by atoms with van der Waals surface area (Å²) in [6.45, 7) is 8.62. The topological polar surface area (TPSA) is 88.1 Å². The standard InChI is InChI=1S/C26H29BrN7OP/c1-15-13-34(2)14-16-10-22(35-3)21(11-17(15)16)32-26-30-12-18(27)25(33-26)31-20-7-6-19-23(24(20)36(4)5)29-9-8-28-19/h6-12,15H,13-14H2,1-5H3,(H2,30,31,32,33)/t15-/m1/s1. The van der Waals surface area contributed by atoms with Gasteiger partial charge in [-0.25, -0.2) is 4.98 Å². The Labute approximate surface area is 220 Å². The minimum absolute atomic E-state index is 0.431. The SMILES string of the molecule is COc1cc2c(cc1Nc1ncc(Br)c(Nc3ccc4nccnc4c3P(C)C)n1)[C@H](C)CN(C)C2. The summed E-state index contributed by atoms with van der Waals surface area (Å²) in [6.07, 6.45) is 5.21. The average Bonchev–Trinajstić information content (AvgIpc) is 2.85. The summed E-state index contributed by atoms with van der Waals surface area (Å²) in [6, 6.07) is 8.32. The van der Waals surface area contributed by atoms with Crippen LogP contribution >= 0.6 is 23.9 Å². The fourth-order valence-corrected chi connectivity index (χ4v) is 6.26. The smallest absolute Gasteiger partial charge is 0.229 e. The van der Waals surface area contributed by atoms with Crippen molar-refractivity contribution in [1.82, 2.24) is 24.8 Å². The molecule has 0 aliphatic carbocycles. The molecule has 0 amide bonds. The Morgan fingerprint density at radius 2 is 1.89 bits per heavy atom. The molecule has 5 rings (SSSR count). The molecule has 36 heavy (non-hydrogen) atoms. The van der Waals surface area contributed by atoms with Crippen LogP contribution < -0.4 is 20.7 Å². The molecule has 0 saturated heterocycles. The molecule has 3 heterocycles. The maximum Gasteiger partial charge on any atom is 0.229 e. The van der Waals surface area contributed by atoms with Crippen molar-refractivity contribution < 1.29 is 4.74 Å². The number of aromatic nitrogens is 4. The molecule has 2 aromatic heterocycles. The zero-order chi connectivity index (χ0) is 25.4. The van der Waals surface area contributed by atoms with Crippen molar-refractivity contribution >= 4 is 63.3 Å². The van der Waals surface area contributed by atoms with Gasteiger partial charge >= 0.3 is 0 Å². The van der Waals surface area contributed by atoms with E-state index in [0.29, 0.717) is 17.7 Å². The molecule has 0 radical (unpaired) electrons. The van der Waals surface area contributed by atoms with Crippen LogP contribution in [0, 0.1) is 0 Å². The lowest BCUT2D eigenvalue weighted by atomic mass is 9.90. The highest BCUT2D eigenvalue weighted by Gasteiger charge is 2.23. The zero-order valence-corrected chi connectivity index (χ0v) is 23.5. The van der Waals surface area contributed by atoms with Gasteiger partial charge < -0.3 is 20.3 Å². The van der Waals surface area contributed by atoms with Gasteiger partial charge in [-0.15, -0.1) is 0 Å². The highest BCUT2D eigenvalue weighted by molar-refractivity contribution is 9.10. The fourth-order valence-electron chi connectivity index (χ4n) is 4.76. The van der Waals surface area contributed by atoms with Crippen molar-refractivity contribution in [1.29, 1.82) is 0 Å². The van der Waals surface area contributed by atoms with E-state index in [9.17, 15) is 0 Å². The van der Waals surface area contributed by atoms with Crippen LogP contribution in [0.2, 0.25) is 0 Å². The maximum absolute atomic E-state index is 5.71. The lowest BCUT2D eigenvalue weighted by molar-refractivity contribution is 0.287. The van der Waals surface area contributed by atoms with E-state index in [4.69, 9.17) is 9.72 Å². The lowest BCUT2D eigenvalue weighted by Crippen LogP contribution is -2.29. The van der Waals surface area contributed by atoms with Crippen molar-refractivity contribution in [3.8, 4) is 5.75 Å². The van der Waals surface area contributed by atoms with Gasteiger partial charge in [0.1, 0.15) is 11.6 Å². The van der Waals surface area contributed by atoms with Crippen LogP contribution in [0.15, 0.2) is 47.3 Å². The van der Waals surface area contributed by atoms with Crippen LogP contribution in [-0.4, -0.2) is 58.9 Å². The van der Waals surface area contributed by atoms with E-state index < -0.39 is 7.92 Å². The van der Waals surface area contributed by atoms with E-state index >= 15 is 0 Å². The number of anilines is 4. The molecule has 0 bridgehead atoms. The molecule has 0 spiro atoms. The summed E-state index contributed by atoms with van der Waals surface area (Å²) in [5.41, 5.74) is 6.24. The van der Waals surface area contributed by atoms with Crippen LogP contribution in [0.3, 0.4) is 0 Å². The Morgan fingerprint density at radius 3 is 2.67 bits per heavy atom. The van der Waals surface area contributed by atoms with Crippen LogP contribution in [0.5, 0.6) is 5.75 Å². The molecular formula is C26H29BrN7OP. The molecule has 1 aliphatic rings. The lowest BCUT2D eigenvalue weighted by Gasteiger charge is -2.31. The summed E-state index contributed by atoms with van der Waals surface area (Å²) in [5, 5.41) is 8.05. The molecule has 2 aromatic carbocycles. The Bertz CT molecular complexity index is 1430. The zero-order valence-electron chi connectivity index (χ0n) is 21.0. The summed E-state index contributed by atoms with van der Waals surface area (Å²) >= 11 is 3.61. The Morgan fingerprint density at radius 1 is 1.08 bits per heavy atom. The van der Waals surface area contributed by atoms with Gasteiger partial charge in [0.15, 0.2) is 0 Å². The third kappa shape index (κ3) is 4.88. The monoisotopic (exact) mass is 565 g/mol. The molecule has 1 atom stereocenters. The molecule has 0 saturated carbocycles. The third-order valence-corrected chi connectivity index (χ3v) is 8.25. The summed E-state index contributed by atoms with van der Waals surface area (Å²) in [4.78, 5) is 20.7. The highest BCUT2D eigenvalue weighted by atomic mass is 79.9. The quantitative estimate of drug-likeness (QED) is 0.292. The van der Waals surface area contributed by atoms with E-state index in [-0.39, 0.29) is 0 Å². The van der Waals surface area contributed by atoms with E-state index in [2.05, 4.69) is 85.8 Å². The van der Waals surface area contributed by atoms with Crippen molar-refractivity contribution in [3.63, 3.8) is 0 Å². The summed E-state index contributed by atoms with van der Waals surface area (Å²) in [7, 11) is 3.39. The molecule has 2 N–H and O–H groups in total. The number of fused-ring (bicyclic) bond motifs is 2. The largest absolute Gasteiger partial charge is 0.495 e. The van der Waals surface area contributed by atoms with Gasteiger partial charge in [0.25, 0.3) is 0 Å². The number of benzene rings is 2. The second kappa shape index (κ2) is 10.2. The number of rotatable bonds is 6. The molecule has 10 heteroatoms. The Kier molecular flexibility index (Phi) is 7.06. The number of hydrogen-bond donors (Lipinski definition) is 2. The van der Waals surface area contributed by atoms with Crippen LogP contribution in [0.4, 0.5) is 23.1 Å². The number of halogens is 1. The van der Waals surface area contributed by atoms with Crippen molar-refractivity contribution in [2.24, 2.45) is 0 Å². The summed E-state index contributed by atoms with van der Waals surface area (Å²) < 4.78 is 6.48. The molecule has 1 aliphatic heterocycles.